The molecule has 0 radical (unpaired) electrons. The molecule has 0 aliphatic carbocycles. The molecule has 21 heavy (non-hydrogen) atoms. The molecule has 1 heterocycles. The van der Waals surface area contributed by atoms with Gasteiger partial charge in [-0.05, 0) is 18.1 Å². The standard InChI is InChI=1S/C18H18N2O/c1-13(2)16-17(14-9-5-3-6-10-14)19-20(18(16)21)15-11-7-4-8-12-15/h3-13,21H,1-2H3. The summed E-state index contributed by atoms with van der Waals surface area (Å²) >= 11 is 0. The van der Waals surface area contributed by atoms with Gasteiger partial charge in [-0.3, -0.25) is 0 Å². The van der Waals surface area contributed by atoms with Crippen LogP contribution in [-0.2, 0) is 0 Å². The third-order valence-electron chi connectivity index (χ3n) is 3.52. The van der Waals surface area contributed by atoms with Crippen molar-refractivity contribution < 1.29 is 5.11 Å². The SMILES string of the molecule is CC(C)c1c(-c2ccccc2)nn(-c2ccccc2)c1O. The van der Waals surface area contributed by atoms with Crippen molar-refractivity contribution in [2.24, 2.45) is 0 Å². The Morgan fingerprint density at radius 1 is 0.905 bits per heavy atom. The minimum Gasteiger partial charge on any atom is -0.493 e. The van der Waals surface area contributed by atoms with Crippen LogP contribution in [0.5, 0.6) is 5.88 Å². The first kappa shape index (κ1) is 13.4. The molecule has 0 fully saturated rings. The van der Waals surface area contributed by atoms with E-state index in [1.54, 1.807) is 4.68 Å². The molecule has 0 spiro atoms. The maximum atomic E-state index is 10.6. The first-order valence-corrected chi connectivity index (χ1v) is 7.11. The van der Waals surface area contributed by atoms with E-state index in [0.717, 1.165) is 22.5 Å². The maximum absolute atomic E-state index is 10.6. The molecule has 0 atom stereocenters. The Morgan fingerprint density at radius 2 is 1.48 bits per heavy atom. The fraction of sp³-hybridized carbons (Fsp3) is 0.167. The molecular formula is C18H18N2O. The lowest BCUT2D eigenvalue weighted by molar-refractivity contribution is 0.425. The Hall–Kier alpha value is -2.55. The van der Waals surface area contributed by atoms with Crippen molar-refractivity contribution in [3.8, 4) is 22.8 Å². The lowest BCUT2D eigenvalue weighted by Crippen LogP contribution is -1.95. The highest BCUT2D eigenvalue weighted by molar-refractivity contribution is 5.67. The molecule has 2 aromatic carbocycles. The molecule has 3 heteroatoms. The smallest absolute Gasteiger partial charge is 0.218 e. The van der Waals surface area contributed by atoms with Crippen LogP contribution in [0.15, 0.2) is 60.7 Å². The van der Waals surface area contributed by atoms with Gasteiger partial charge in [-0.25, -0.2) is 4.68 Å². The minimum absolute atomic E-state index is 0.192. The number of hydrogen-bond acceptors (Lipinski definition) is 2. The topological polar surface area (TPSA) is 38.0 Å². The van der Waals surface area contributed by atoms with Gasteiger partial charge in [0.25, 0.3) is 0 Å². The zero-order valence-corrected chi connectivity index (χ0v) is 12.2. The van der Waals surface area contributed by atoms with Crippen molar-refractivity contribution in [2.45, 2.75) is 19.8 Å². The molecule has 0 bridgehead atoms. The molecule has 1 aromatic heterocycles. The van der Waals surface area contributed by atoms with E-state index in [2.05, 4.69) is 18.9 Å². The predicted octanol–water partition coefficient (Wildman–Crippen LogP) is 4.37. The second-order valence-electron chi connectivity index (χ2n) is 5.35. The summed E-state index contributed by atoms with van der Waals surface area (Å²) in [6, 6.07) is 19.7. The van der Waals surface area contributed by atoms with Gasteiger partial charge in [0.2, 0.25) is 5.88 Å². The second-order valence-corrected chi connectivity index (χ2v) is 5.35. The average molecular weight is 278 g/mol. The average Bonchev–Trinajstić information content (AvgIpc) is 2.87. The van der Waals surface area contributed by atoms with Crippen LogP contribution in [-0.4, -0.2) is 14.9 Å². The first-order chi connectivity index (χ1) is 10.2. The van der Waals surface area contributed by atoms with Gasteiger partial charge in [0.1, 0.15) is 5.69 Å². The zero-order chi connectivity index (χ0) is 14.8. The number of nitrogens with zero attached hydrogens (tertiary/aromatic N) is 2. The highest BCUT2D eigenvalue weighted by Gasteiger charge is 2.21. The van der Waals surface area contributed by atoms with Crippen molar-refractivity contribution in [1.82, 2.24) is 9.78 Å². The van der Waals surface area contributed by atoms with Gasteiger partial charge in [0, 0.05) is 11.1 Å². The van der Waals surface area contributed by atoms with E-state index in [4.69, 9.17) is 0 Å². The summed E-state index contributed by atoms with van der Waals surface area (Å²) in [6.45, 7) is 4.14. The van der Waals surface area contributed by atoms with E-state index in [0.29, 0.717) is 0 Å². The van der Waals surface area contributed by atoms with E-state index < -0.39 is 0 Å². The van der Waals surface area contributed by atoms with E-state index in [-0.39, 0.29) is 11.8 Å². The van der Waals surface area contributed by atoms with E-state index in [1.807, 2.05) is 60.7 Å². The molecule has 1 N–H and O–H groups in total. The number of aromatic hydroxyl groups is 1. The van der Waals surface area contributed by atoms with Crippen LogP contribution in [0.25, 0.3) is 16.9 Å². The lowest BCUT2D eigenvalue weighted by Gasteiger charge is -2.06. The summed E-state index contributed by atoms with van der Waals surface area (Å²) in [7, 11) is 0. The third kappa shape index (κ3) is 2.42. The highest BCUT2D eigenvalue weighted by atomic mass is 16.3. The van der Waals surface area contributed by atoms with Crippen molar-refractivity contribution in [1.29, 1.82) is 0 Å². The molecule has 0 saturated heterocycles. The minimum atomic E-state index is 0.192. The molecule has 3 aromatic rings. The molecule has 0 aliphatic heterocycles. The van der Waals surface area contributed by atoms with Gasteiger partial charge in [-0.2, -0.15) is 5.10 Å². The highest BCUT2D eigenvalue weighted by Crippen LogP contribution is 2.36. The van der Waals surface area contributed by atoms with Gasteiger partial charge < -0.3 is 5.11 Å². The van der Waals surface area contributed by atoms with E-state index in [9.17, 15) is 5.11 Å². The Bertz CT molecular complexity index is 731. The number of hydrogen-bond donors (Lipinski definition) is 1. The molecule has 3 rings (SSSR count). The number of para-hydroxylation sites is 1. The Kier molecular flexibility index (Phi) is 3.48. The van der Waals surface area contributed by atoms with Crippen molar-refractivity contribution in [3.63, 3.8) is 0 Å². The largest absolute Gasteiger partial charge is 0.493 e. The number of rotatable bonds is 3. The summed E-state index contributed by atoms with van der Waals surface area (Å²) in [5, 5.41) is 15.2. The van der Waals surface area contributed by atoms with Crippen LogP contribution in [0.1, 0.15) is 25.3 Å². The molecule has 0 unspecified atom stereocenters. The second kappa shape index (κ2) is 5.44. The van der Waals surface area contributed by atoms with E-state index >= 15 is 0 Å². The fourth-order valence-electron chi connectivity index (χ4n) is 2.51. The number of benzene rings is 2. The predicted molar refractivity (Wildman–Crippen MR) is 84.8 cm³/mol. The van der Waals surface area contributed by atoms with Crippen LogP contribution in [0, 0.1) is 0 Å². The van der Waals surface area contributed by atoms with Crippen LogP contribution in [0.2, 0.25) is 0 Å². The molecule has 106 valence electrons. The zero-order valence-electron chi connectivity index (χ0n) is 12.2. The lowest BCUT2D eigenvalue weighted by atomic mass is 9.99. The molecule has 0 amide bonds. The maximum Gasteiger partial charge on any atom is 0.218 e. The van der Waals surface area contributed by atoms with Crippen LogP contribution >= 0.6 is 0 Å². The van der Waals surface area contributed by atoms with Crippen LogP contribution < -0.4 is 0 Å². The molecule has 3 nitrogen and oxygen atoms in total. The Balaban J connectivity index is 2.22. The number of aromatic nitrogens is 2. The van der Waals surface area contributed by atoms with Crippen molar-refractivity contribution in [3.05, 3.63) is 66.2 Å². The van der Waals surface area contributed by atoms with Gasteiger partial charge in [0.05, 0.1) is 5.69 Å². The van der Waals surface area contributed by atoms with Gasteiger partial charge in [-0.1, -0.05) is 62.4 Å². The normalized spacial score (nSPS) is 11.0. The fourth-order valence-corrected chi connectivity index (χ4v) is 2.51. The first-order valence-electron chi connectivity index (χ1n) is 7.11. The van der Waals surface area contributed by atoms with Crippen LogP contribution in [0.3, 0.4) is 0 Å². The summed E-state index contributed by atoms with van der Waals surface area (Å²) in [4.78, 5) is 0. The molecular weight excluding hydrogens is 260 g/mol. The summed E-state index contributed by atoms with van der Waals surface area (Å²) < 4.78 is 1.61. The van der Waals surface area contributed by atoms with E-state index in [1.165, 1.54) is 0 Å². The third-order valence-corrected chi connectivity index (χ3v) is 3.52. The molecule has 0 aliphatic rings. The Morgan fingerprint density at radius 3 is 2.05 bits per heavy atom. The Labute approximate surface area is 124 Å². The summed E-state index contributed by atoms with van der Waals surface area (Å²) in [5.74, 6) is 0.410. The van der Waals surface area contributed by atoms with Gasteiger partial charge in [0.15, 0.2) is 0 Å². The van der Waals surface area contributed by atoms with Crippen molar-refractivity contribution >= 4 is 0 Å². The monoisotopic (exact) mass is 278 g/mol. The summed E-state index contributed by atoms with van der Waals surface area (Å²) in [5.41, 5.74) is 3.60. The summed E-state index contributed by atoms with van der Waals surface area (Å²) in [6.07, 6.45) is 0. The van der Waals surface area contributed by atoms with Gasteiger partial charge >= 0.3 is 0 Å². The molecule has 0 saturated carbocycles. The quantitative estimate of drug-likeness (QED) is 0.772. The van der Waals surface area contributed by atoms with Gasteiger partial charge in [-0.15, -0.1) is 0 Å². The van der Waals surface area contributed by atoms with Crippen molar-refractivity contribution in [2.75, 3.05) is 0 Å². The van der Waals surface area contributed by atoms with Crippen LogP contribution in [0.4, 0.5) is 0 Å².